The van der Waals surface area contributed by atoms with Crippen LogP contribution in [-0.2, 0) is 22.9 Å². The van der Waals surface area contributed by atoms with Gasteiger partial charge in [-0.05, 0) is 69.8 Å². The number of aromatic nitrogens is 1. The summed E-state index contributed by atoms with van der Waals surface area (Å²) in [5.74, 6) is -0.624. The van der Waals surface area contributed by atoms with Crippen LogP contribution in [0.4, 0.5) is 13.2 Å². The first-order valence-corrected chi connectivity index (χ1v) is 13.6. The number of thiazole rings is 1. The number of benzene rings is 1. The van der Waals surface area contributed by atoms with Crippen molar-refractivity contribution < 1.29 is 27.4 Å². The summed E-state index contributed by atoms with van der Waals surface area (Å²) in [4.78, 5) is 21.5. The van der Waals surface area contributed by atoms with E-state index in [9.17, 15) is 18.0 Å². The third-order valence-electron chi connectivity index (χ3n) is 7.09. The Morgan fingerprint density at radius 1 is 1.22 bits per heavy atom. The van der Waals surface area contributed by atoms with Crippen molar-refractivity contribution in [1.29, 1.82) is 0 Å². The van der Waals surface area contributed by atoms with Crippen LogP contribution in [-0.4, -0.2) is 54.3 Å². The minimum absolute atomic E-state index is 0.0195. The van der Waals surface area contributed by atoms with Gasteiger partial charge in [-0.3, -0.25) is 4.79 Å². The number of likely N-dealkylation sites (N-methyl/N-ethyl adjacent to an activating group) is 1. The van der Waals surface area contributed by atoms with Crippen LogP contribution in [0.1, 0.15) is 72.9 Å². The Kier molecular flexibility index (Phi) is 8.21. The normalized spacial score (nSPS) is 21.7. The number of ether oxygens (including phenoxy) is 2. The zero-order valence-corrected chi connectivity index (χ0v) is 23.0. The molecule has 204 valence electrons. The summed E-state index contributed by atoms with van der Waals surface area (Å²) in [5, 5.41) is 0. The summed E-state index contributed by atoms with van der Waals surface area (Å²) in [5.41, 5.74) is -0.269. The molecule has 1 aromatic carbocycles. The van der Waals surface area contributed by atoms with Crippen LogP contribution in [0.15, 0.2) is 23.2 Å². The third kappa shape index (κ3) is 6.46. The summed E-state index contributed by atoms with van der Waals surface area (Å²) < 4.78 is 54.4. The Labute approximate surface area is 220 Å². The fourth-order valence-electron chi connectivity index (χ4n) is 4.99. The molecule has 0 unspecified atom stereocenters. The van der Waals surface area contributed by atoms with E-state index >= 15 is 0 Å². The predicted octanol–water partition coefficient (Wildman–Crippen LogP) is 5.57. The molecule has 0 saturated carbocycles. The van der Waals surface area contributed by atoms with Crippen molar-refractivity contribution in [2.45, 2.75) is 83.7 Å². The molecule has 37 heavy (non-hydrogen) atoms. The van der Waals surface area contributed by atoms with E-state index in [1.54, 1.807) is 0 Å². The van der Waals surface area contributed by atoms with Gasteiger partial charge in [-0.25, -0.2) is 0 Å². The average molecular weight is 540 g/mol. The third-order valence-corrected chi connectivity index (χ3v) is 8.69. The van der Waals surface area contributed by atoms with E-state index in [0.717, 1.165) is 54.9 Å². The number of amides is 1. The molecular weight excluding hydrogens is 503 g/mol. The van der Waals surface area contributed by atoms with Crippen LogP contribution in [0.25, 0.3) is 0 Å². The molecule has 0 bridgehead atoms. The quantitative estimate of drug-likeness (QED) is 0.482. The lowest BCUT2D eigenvalue weighted by Gasteiger charge is -2.20. The molecule has 2 aromatic rings. The molecule has 6 nitrogen and oxygen atoms in total. The molecule has 1 amide bonds. The largest absolute Gasteiger partial charge is 0.491 e. The van der Waals surface area contributed by atoms with Gasteiger partial charge in [0.15, 0.2) is 4.80 Å². The first-order valence-electron chi connectivity index (χ1n) is 12.8. The molecule has 3 heterocycles. The van der Waals surface area contributed by atoms with Crippen molar-refractivity contribution in [2.24, 2.45) is 4.99 Å². The monoisotopic (exact) mass is 539 g/mol. The topological polar surface area (TPSA) is 56.1 Å². The molecular formula is C27H36F3N3O3S. The second-order valence-electron chi connectivity index (χ2n) is 11.0. The number of likely N-dealkylation sites (tertiary alicyclic amines) is 1. The van der Waals surface area contributed by atoms with Gasteiger partial charge in [0.05, 0.1) is 23.8 Å². The summed E-state index contributed by atoms with van der Waals surface area (Å²) >= 11 is 1.40. The van der Waals surface area contributed by atoms with Gasteiger partial charge in [0.1, 0.15) is 12.4 Å². The van der Waals surface area contributed by atoms with Crippen LogP contribution in [0, 0.1) is 6.92 Å². The first kappa shape index (κ1) is 27.9. The molecule has 4 rings (SSSR count). The average Bonchev–Trinajstić information content (AvgIpc) is 3.54. The summed E-state index contributed by atoms with van der Waals surface area (Å²) in [6.45, 7) is 10.8. The number of halogens is 3. The van der Waals surface area contributed by atoms with Crippen LogP contribution >= 0.6 is 11.3 Å². The predicted molar refractivity (Wildman–Crippen MR) is 137 cm³/mol. The van der Waals surface area contributed by atoms with E-state index in [1.807, 2.05) is 18.5 Å². The molecule has 0 spiro atoms. The summed E-state index contributed by atoms with van der Waals surface area (Å²) in [7, 11) is 1.99. The van der Waals surface area contributed by atoms with Crippen molar-refractivity contribution >= 4 is 17.2 Å². The molecule has 0 N–H and O–H groups in total. The molecule has 0 radical (unpaired) electrons. The van der Waals surface area contributed by atoms with Crippen molar-refractivity contribution in [3.63, 3.8) is 0 Å². The lowest BCUT2D eigenvalue weighted by atomic mass is 9.93. The van der Waals surface area contributed by atoms with E-state index in [-0.39, 0.29) is 28.9 Å². The van der Waals surface area contributed by atoms with Crippen LogP contribution in [0.3, 0.4) is 0 Å². The highest BCUT2D eigenvalue weighted by Crippen LogP contribution is 2.34. The van der Waals surface area contributed by atoms with Crippen LogP contribution in [0.2, 0.25) is 0 Å². The number of carbonyl (C=O) groups excluding carboxylic acids is 1. The highest BCUT2D eigenvalue weighted by molar-refractivity contribution is 7.09. The number of hydrogen-bond donors (Lipinski definition) is 0. The second-order valence-corrected chi connectivity index (χ2v) is 12.0. The summed E-state index contributed by atoms with van der Waals surface area (Å²) in [6.07, 6.45) is -0.687. The molecule has 2 atom stereocenters. The van der Waals surface area contributed by atoms with Gasteiger partial charge < -0.3 is 18.9 Å². The maximum atomic E-state index is 13.5. The zero-order valence-electron chi connectivity index (χ0n) is 22.2. The van der Waals surface area contributed by atoms with Gasteiger partial charge >= 0.3 is 6.18 Å². The molecule has 0 aliphatic carbocycles. The SMILES string of the molecule is Cc1c(C(C)(C)C)s/c(=N\C(=O)c2cc(C(F)(F)F)ccc2OC[C@@H]2CCCN2C)n1C[C@H]1CCCO1. The Bertz CT molecular complexity index is 1190. The standard InChI is InChI=1S/C27H36F3N3O3S/c1-17-23(26(2,3)4)37-25(33(17)15-20-9-7-13-35-20)31-24(34)21-14-18(27(28,29)30)10-11-22(21)36-16-19-8-6-12-32(19)5/h10-11,14,19-20H,6-9,12-13,15-16H2,1-5H3/b31-25-/t19-,20+/m0/s1. The number of hydrogen-bond acceptors (Lipinski definition) is 5. The number of carbonyl (C=O) groups is 1. The van der Waals surface area contributed by atoms with Gasteiger partial charge in [-0.1, -0.05) is 20.8 Å². The lowest BCUT2D eigenvalue weighted by molar-refractivity contribution is -0.137. The first-order chi connectivity index (χ1) is 17.3. The van der Waals surface area contributed by atoms with Gasteiger partial charge in [-0.15, -0.1) is 11.3 Å². The van der Waals surface area contributed by atoms with Crippen molar-refractivity contribution in [1.82, 2.24) is 9.47 Å². The fraction of sp³-hybridized carbons (Fsp3) is 0.630. The summed E-state index contributed by atoms with van der Waals surface area (Å²) in [6, 6.07) is 3.20. The number of alkyl halides is 3. The smallest absolute Gasteiger partial charge is 0.416 e. The van der Waals surface area contributed by atoms with Crippen molar-refractivity contribution in [3.8, 4) is 5.75 Å². The van der Waals surface area contributed by atoms with Crippen LogP contribution in [0.5, 0.6) is 5.75 Å². The highest BCUT2D eigenvalue weighted by atomic mass is 32.1. The van der Waals surface area contributed by atoms with Crippen molar-refractivity contribution in [3.05, 3.63) is 44.7 Å². The number of rotatable bonds is 6. The van der Waals surface area contributed by atoms with Gasteiger partial charge in [-0.2, -0.15) is 18.2 Å². The van der Waals surface area contributed by atoms with E-state index in [1.165, 1.54) is 17.4 Å². The Morgan fingerprint density at radius 2 is 1.97 bits per heavy atom. The minimum Gasteiger partial charge on any atom is -0.491 e. The second kappa shape index (κ2) is 10.9. The fourth-order valence-corrected chi connectivity index (χ4v) is 6.19. The van der Waals surface area contributed by atoms with E-state index < -0.39 is 17.6 Å². The van der Waals surface area contributed by atoms with Crippen LogP contribution < -0.4 is 9.54 Å². The van der Waals surface area contributed by atoms with E-state index in [2.05, 4.69) is 30.7 Å². The minimum atomic E-state index is -4.59. The van der Waals surface area contributed by atoms with Crippen molar-refractivity contribution in [2.75, 3.05) is 26.8 Å². The Morgan fingerprint density at radius 3 is 2.57 bits per heavy atom. The zero-order chi connectivity index (χ0) is 27.0. The van der Waals surface area contributed by atoms with E-state index in [4.69, 9.17) is 9.47 Å². The molecule has 1 aromatic heterocycles. The van der Waals surface area contributed by atoms with E-state index in [0.29, 0.717) is 24.6 Å². The Hall–Kier alpha value is -2.17. The lowest BCUT2D eigenvalue weighted by Crippen LogP contribution is -2.31. The van der Waals surface area contributed by atoms with Gasteiger partial charge in [0.25, 0.3) is 5.91 Å². The van der Waals surface area contributed by atoms with Gasteiger partial charge in [0.2, 0.25) is 0 Å². The highest BCUT2D eigenvalue weighted by Gasteiger charge is 2.33. The maximum Gasteiger partial charge on any atom is 0.416 e. The number of nitrogens with zero attached hydrogens (tertiary/aromatic N) is 3. The van der Waals surface area contributed by atoms with Gasteiger partial charge in [0, 0.05) is 23.2 Å². The molecule has 2 aliphatic heterocycles. The molecule has 2 aliphatic rings. The Balaban J connectivity index is 1.73. The molecule has 2 saturated heterocycles. The molecule has 2 fully saturated rings. The molecule has 10 heteroatoms. The maximum absolute atomic E-state index is 13.5.